The van der Waals surface area contributed by atoms with Gasteiger partial charge in [-0.3, -0.25) is 4.79 Å². The molecule has 0 aromatic carbocycles. The number of carbonyl (C=O) groups excluding carboxylic acids is 1. The van der Waals surface area contributed by atoms with Crippen molar-refractivity contribution in [3.63, 3.8) is 0 Å². The van der Waals surface area contributed by atoms with Gasteiger partial charge in [-0.2, -0.15) is 0 Å². The molecule has 1 saturated carbocycles. The summed E-state index contributed by atoms with van der Waals surface area (Å²) in [6.07, 6.45) is 4.60. The van der Waals surface area contributed by atoms with E-state index in [1.165, 1.54) is 12.8 Å². The number of amides is 1. The van der Waals surface area contributed by atoms with Crippen molar-refractivity contribution in [2.24, 2.45) is 5.92 Å². The Morgan fingerprint density at radius 3 is 2.87 bits per heavy atom. The summed E-state index contributed by atoms with van der Waals surface area (Å²) in [7, 11) is 0. The van der Waals surface area contributed by atoms with Crippen molar-refractivity contribution >= 4 is 17.5 Å². The number of nitrogens with one attached hydrogen (secondary N) is 1. The molecule has 88 valence electrons. The number of hydrogen-bond donors (Lipinski definition) is 1. The van der Waals surface area contributed by atoms with Crippen LogP contribution in [0.15, 0.2) is 0 Å². The molecule has 0 heterocycles. The number of halogens is 1. The quantitative estimate of drug-likeness (QED) is 0.737. The fourth-order valence-corrected chi connectivity index (χ4v) is 2.39. The third-order valence-corrected chi connectivity index (χ3v) is 3.29. The van der Waals surface area contributed by atoms with Crippen molar-refractivity contribution in [2.45, 2.75) is 38.6 Å². The van der Waals surface area contributed by atoms with E-state index < -0.39 is 0 Å². The predicted octanol–water partition coefficient (Wildman–Crippen LogP) is 1.94. The monoisotopic (exact) mass is 233 g/mol. The van der Waals surface area contributed by atoms with Crippen LogP contribution in [0.4, 0.5) is 0 Å². The highest BCUT2D eigenvalue weighted by molar-refractivity contribution is 6.18. The summed E-state index contributed by atoms with van der Waals surface area (Å²) in [5.74, 6) is 1.06. The molecule has 4 heteroatoms. The molecule has 0 aromatic rings. The summed E-state index contributed by atoms with van der Waals surface area (Å²) in [5.41, 5.74) is 0. The van der Waals surface area contributed by atoms with Gasteiger partial charge in [0.2, 0.25) is 5.91 Å². The highest BCUT2D eigenvalue weighted by Gasteiger charge is 2.25. The Morgan fingerprint density at radius 1 is 1.47 bits per heavy atom. The summed E-state index contributed by atoms with van der Waals surface area (Å²) < 4.78 is 5.06. The Labute approximate surface area is 96.5 Å². The lowest BCUT2D eigenvalue weighted by molar-refractivity contribution is -0.126. The van der Waals surface area contributed by atoms with E-state index in [4.69, 9.17) is 16.3 Å². The Bertz CT molecular complexity index is 199. The van der Waals surface area contributed by atoms with E-state index in [2.05, 4.69) is 5.32 Å². The molecule has 15 heavy (non-hydrogen) atoms. The smallest absolute Gasteiger partial charge is 0.246 e. The Hall–Kier alpha value is -0.280. The topological polar surface area (TPSA) is 38.3 Å². The summed E-state index contributed by atoms with van der Waals surface area (Å²) in [4.78, 5) is 11.5. The Balaban J connectivity index is 2.30. The second-order valence-electron chi connectivity index (χ2n) is 4.01. The minimum Gasteiger partial charge on any atom is -0.372 e. The highest BCUT2D eigenvalue weighted by Crippen LogP contribution is 2.25. The van der Waals surface area contributed by atoms with E-state index >= 15 is 0 Å². The number of carbonyl (C=O) groups is 1. The van der Waals surface area contributed by atoms with Crippen LogP contribution in [0.5, 0.6) is 0 Å². The zero-order valence-corrected chi connectivity index (χ0v) is 10.1. The van der Waals surface area contributed by atoms with Gasteiger partial charge < -0.3 is 10.1 Å². The Morgan fingerprint density at radius 2 is 2.20 bits per heavy atom. The van der Waals surface area contributed by atoms with Crippen LogP contribution in [0.3, 0.4) is 0 Å². The van der Waals surface area contributed by atoms with E-state index in [-0.39, 0.29) is 18.6 Å². The molecule has 1 amide bonds. The molecule has 0 spiro atoms. The molecule has 0 saturated heterocycles. The van der Waals surface area contributed by atoms with E-state index in [1.54, 1.807) is 0 Å². The summed E-state index contributed by atoms with van der Waals surface area (Å²) in [6, 6.07) is 0.254. The third-order valence-electron chi connectivity index (χ3n) is 2.89. The predicted molar refractivity (Wildman–Crippen MR) is 61.1 cm³/mol. The number of alkyl halides is 1. The van der Waals surface area contributed by atoms with Crippen molar-refractivity contribution in [3.8, 4) is 0 Å². The minimum absolute atomic E-state index is 0.0149. The second kappa shape index (κ2) is 7.07. The number of hydrogen-bond acceptors (Lipinski definition) is 2. The lowest BCUT2D eigenvalue weighted by atomic mass is 9.86. The molecular weight excluding hydrogens is 214 g/mol. The molecule has 1 rings (SSSR count). The first-order chi connectivity index (χ1) is 7.27. The zero-order chi connectivity index (χ0) is 11.1. The SMILES string of the molecule is CCOCC(=O)NC1CCCCC1CCl. The minimum atomic E-state index is -0.0149. The molecule has 0 aliphatic heterocycles. The third kappa shape index (κ3) is 4.39. The Kier molecular flexibility index (Phi) is 6.03. The standard InChI is InChI=1S/C11H20ClNO2/c1-2-15-8-11(14)13-10-6-4-3-5-9(10)7-12/h9-10H,2-8H2,1H3,(H,13,14). The van der Waals surface area contributed by atoms with Gasteiger partial charge in [-0.1, -0.05) is 12.8 Å². The van der Waals surface area contributed by atoms with Gasteiger partial charge >= 0.3 is 0 Å². The lowest BCUT2D eigenvalue weighted by Crippen LogP contribution is -2.44. The van der Waals surface area contributed by atoms with Crippen LogP contribution in [0.2, 0.25) is 0 Å². The van der Waals surface area contributed by atoms with Crippen molar-refractivity contribution in [1.82, 2.24) is 5.32 Å². The van der Waals surface area contributed by atoms with E-state index in [9.17, 15) is 4.79 Å². The average Bonchev–Trinajstić information content (AvgIpc) is 2.27. The normalized spacial score (nSPS) is 26.3. The average molecular weight is 234 g/mol. The van der Waals surface area contributed by atoms with Crippen molar-refractivity contribution in [2.75, 3.05) is 19.1 Å². The highest BCUT2D eigenvalue weighted by atomic mass is 35.5. The van der Waals surface area contributed by atoms with Crippen LogP contribution in [-0.4, -0.2) is 31.0 Å². The van der Waals surface area contributed by atoms with E-state index in [0.717, 1.165) is 12.8 Å². The molecule has 1 aliphatic rings. The maximum Gasteiger partial charge on any atom is 0.246 e. The molecule has 0 bridgehead atoms. The fourth-order valence-electron chi connectivity index (χ4n) is 2.03. The van der Waals surface area contributed by atoms with Gasteiger partial charge in [0.1, 0.15) is 6.61 Å². The van der Waals surface area contributed by atoms with Gasteiger partial charge in [0.05, 0.1) is 0 Å². The maximum absolute atomic E-state index is 11.5. The first kappa shape index (κ1) is 12.8. The molecule has 2 atom stereocenters. The van der Waals surface area contributed by atoms with Crippen LogP contribution in [0.25, 0.3) is 0 Å². The van der Waals surface area contributed by atoms with Gasteiger partial charge in [-0.15, -0.1) is 11.6 Å². The van der Waals surface area contributed by atoms with E-state index in [1.807, 2.05) is 6.92 Å². The summed E-state index contributed by atoms with van der Waals surface area (Å²) in [5, 5.41) is 3.01. The zero-order valence-electron chi connectivity index (χ0n) is 9.30. The van der Waals surface area contributed by atoms with Gasteiger partial charge in [0, 0.05) is 18.5 Å². The molecule has 1 fully saturated rings. The van der Waals surface area contributed by atoms with Gasteiger partial charge in [0.15, 0.2) is 0 Å². The first-order valence-corrected chi connectivity index (χ1v) is 6.24. The maximum atomic E-state index is 11.5. The fraction of sp³-hybridized carbons (Fsp3) is 0.909. The summed E-state index contributed by atoms with van der Waals surface area (Å²) in [6.45, 7) is 2.63. The second-order valence-corrected chi connectivity index (χ2v) is 4.32. The summed E-state index contributed by atoms with van der Waals surface area (Å²) >= 11 is 5.88. The molecule has 1 N–H and O–H groups in total. The van der Waals surface area contributed by atoms with Gasteiger partial charge in [-0.05, 0) is 25.7 Å². The lowest BCUT2D eigenvalue weighted by Gasteiger charge is -2.30. The molecular formula is C11H20ClNO2. The van der Waals surface area contributed by atoms with Crippen LogP contribution in [-0.2, 0) is 9.53 Å². The van der Waals surface area contributed by atoms with Crippen LogP contribution >= 0.6 is 11.6 Å². The first-order valence-electron chi connectivity index (χ1n) is 5.71. The molecule has 0 radical (unpaired) electrons. The van der Waals surface area contributed by atoms with Crippen molar-refractivity contribution < 1.29 is 9.53 Å². The largest absolute Gasteiger partial charge is 0.372 e. The number of ether oxygens (including phenoxy) is 1. The van der Waals surface area contributed by atoms with Crippen molar-refractivity contribution in [1.29, 1.82) is 0 Å². The van der Waals surface area contributed by atoms with Crippen LogP contribution in [0, 0.1) is 5.92 Å². The molecule has 2 unspecified atom stereocenters. The van der Waals surface area contributed by atoms with Gasteiger partial charge in [-0.25, -0.2) is 0 Å². The van der Waals surface area contributed by atoms with Gasteiger partial charge in [0.25, 0.3) is 0 Å². The van der Waals surface area contributed by atoms with Crippen molar-refractivity contribution in [3.05, 3.63) is 0 Å². The van der Waals surface area contributed by atoms with Crippen LogP contribution in [0.1, 0.15) is 32.6 Å². The molecule has 3 nitrogen and oxygen atoms in total. The van der Waals surface area contributed by atoms with E-state index in [0.29, 0.717) is 18.4 Å². The molecule has 0 aromatic heterocycles. The molecule has 1 aliphatic carbocycles. The van der Waals surface area contributed by atoms with Crippen LogP contribution < -0.4 is 5.32 Å². The number of rotatable bonds is 5.